The van der Waals surface area contributed by atoms with Crippen LogP contribution in [-0.4, -0.2) is 54.5 Å². The van der Waals surface area contributed by atoms with Gasteiger partial charge in [0.05, 0.1) is 0 Å². The second kappa shape index (κ2) is 11.5. The standard InChI is InChI=1S/C16H31N5O2.HI/c1-5-8-10-18-14(17-7-3)19-11-9-12-21-13(22)16(4,6-2)20-15(21)23;/h5-12H2,1-4H3,(H,20,23)(H2,17,18,19);1H. The number of nitrogens with zero attached hydrogens (tertiary/aromatic N) is 2. The van der Waals surface area contributed by atoms with Gasteiger partial charge in [0.15, 0.2) is 5.96 Å². The number of carbonyl (C=O) groups excluding carboxylic acids is 2. The van der Waals surface area contributed by atoms with Crippen molar-refractivity contribution in [1.29, 1.82) is 0 Å². The molecular weight excluding hydrogens is 421 g/mol. The van der Waals surface area contributed by atoms with Gasteiger partial charge in [0, 0.05) is 26.2 Å². The fourth-order valence-corrected chi connectivity index (χ4v) is 2.33. The molecule has 1 aliphatic heterocycles. The predicted molar refractivity (Wildman–Crippen MR) is 108 cm³/mol. The average Bonchev–Trinajstić information content (AvgIpc) is 2.75. The van der Waals surface area contributed by atoms with Crippen molar-refractivity contribution in [3.05, 3.63) is 0 Å². The summed E-state index contributed by atoms with van der Waals surface area (Å²) < 4.78 is 0. The quantitative estimate of drug-likeness (QED) is 0.164. The Bertz CT molecular complexity index is 444. The number of nitrogens with one attached hydrogen (secondary N) is 3. The number of guanidine groups is 1. The molecule has 1 fully saturated rings. The molecule has 3 amide bonds. The van der Waals surface area contributed by atoms with E-state index in [-0.39, 0.29) is 35.9 Å². The third-order valence-electron chi connectivity index (χ3n) is 4.03. The fraction of sp³-hybridized carbons (Fsp3) is 0.812. The summed E-state index contributed by atoms with van der Waals surface area (Å²) in [6.45, 7) is 10.5. The van der Waals surface area contributed by atoms with E-state index in [1.54, 1.807) is 6.92 Å². The number of aliphatic imine (C=N–C) groups is 1. The van der Waals surface area contributed by atoms with E-state index in [2.05, 4.69) is 27.9 Å². The highest BCUT2D eigenvalue weighted by molar-refractivity contribution is 14.0. The molecule has 3 N–H and O–H groups in total. The molecule has 1 heterocycles. The Morgan fingerprint density at radius 3 is 2.46 bits per heavy atom. The molecule has 140 valence electrons. The third kappa shape index (κ3) is 6.45. The summed E-state index contributed by atoms with van der Waals surface area (Å²) in [5.74, 6) is 0.651. The lowest BCUT2D eigenvalue weighted by Crippen LogP contribution is -2.43. The number of hydrogen-bond donors (Lipinski definition) is 3. The van der Waals surface area contributed by atoms with Crippen LogP contribution in [0, 0.1) is 0 Å². The van der Waals surface area contributed by atoms with Crippen LogP contribution in [0.1, 0.15) is 53.4 Å². The molecular formula is C16H32IN5O2. The van der Waals surface area contributed by atoms with E-state index in [0.717, 1.165) is 31.9 Å². The molecule has 1 unspecified atom stereocenters. The Hall–Kier alpha value is -1.06. The molecule has 0 aromatic carbocycles. The molecule has 8 heteroatoms. The van der Waals surface area contributed by atoms with Gasteiger partial charge in [-0.25, -0.2) is 4.79 Å². The number of unbranched alkanes of at least 4 members (excludes halogenated alkanes) is 1. The lowest BCUT2D eigenvalue weighted by atomic mass is 9.99. The van der Waals surface area contributed by atoms with Crippen LogP contribution in [0.3, 0.4) is 0 Å². The number of amides is 3. The molecule has 0 aromatic heterocycles. The van der Waals surface area contributed by atoms with Gasteiger partial charge in [-0.2, -0.15) is 0 Å². The van der Waals surface area contributed by atoms with Gasteiger partial charge in [-0.05, 0) is 33.1 Å². The van der Waals surface area contributed by atoms with Crippen molar-refractivity contribution in [2.75, 3.05) is 26.2 Å². The zero-order valence-electron chi connectivity index (χ0n) is 15.3. The Balaban J connectivity index is 0.00000529. The van der Waals surface area contributed by atoms with Crippen molar-refractivity contribution >= 4 is 41.9 Å². The SMILES string of the molecule is CCCCNC(=NCCCN1C(=O)NC(C)(CC)C1=O)NCC.I. The van der Waals surface area contributed by atoms with Gasteiger partial charge >= 0.3 is 6.03 Å². The highest BCUT2D eigenvalue weighted by Gasteiger charge is 2.45. The maximum atomic E-state index is 12.3. The van der Waals surface area contributed by atoms with E-state index >= 15 is 0 Å². The fourth-order valence-electron chi connectivity index (χ4n) is 2.33. The van der Waals surface area contributed by atoms with Gasteiger partial charge in [0.25, 0.3) is 5.91 Å². The Kier molecular flexibility index (Phi) is 11.0. The van der Waals surface area contributed by atoms with Crippen LogP contribution < -0.4 is 16.0 Å². The molecule has 24 heavy (non-hydrogen) atoms. The second-order valence-corrected chi connectivity index (χ2v) is 5.97. The first-order valence-corrected chi connectivity index (χ1v) is 8.64. The van der Waals surface area contributed by atoms with Crippen molar-refractivity contribution in [3.8, 4) is 0 Å². The Morgan fingerprint density at radius 2 is 1.92 bits per heavy atom. The van der Waals surface area contributed by atoms with E-state index in [9.17, 15) is 9.59 Å². The van der Waals surface area contributed by atoms with E-state index in [1.807, 2.05) is 13.8 Å². The first kappa shape index (κ1) is 22.9. The van der Waals surface area contributed by atoms with E-state index in [0.29, 0.717) is 25.9 Å². The topological polar surface area (TPSA) is 85.8 Å². The summed E-state index contributed by atoms with van der Waals surface area (Å²) in [5.41, 5.74) is -0.753. The molecule has 0 bridgehead atoms. The number of halogens is 1. The smallest absolute Gasteiger partial charge is 0.325 e. The third-order valence-corrected chi connectivity index (χ3v) is 4.03. The van der Waals surface area contributed by atoms with Crippen molar-refractivity contribution in [3.63, 3.8) is 0 Å². The van der Waals surface area contributed by atoms with Crippen LogP contribution in [0.15, 0.2) is 4.99 Å². The second-order valence-electron chi connectivity index (χ2n) is 5.97. The molecule has 1 aliphatic rings. The highest BCUT2D eigenvalue weighted by Crippen LogP contribution is 2.20. The zero-order chi connectivity index (χ0) is 17.3. The monoisotopic (exact) mass is 453 g/mol. The highest BCUT2D eigenvalue weighted by atomic mass is 127. The molecule has 1 saturated heterocycles. The largest absolute Gasteiger partial charge is 0.357 e. The minimum Gasteiger partial charge on any atom is -0.357 e. The summed E-state index contributed by atoms with van der Waals surface area (Å²) >= 11 is 0. The molecule has 0 aliphatic carbocycles. The van der Waals surface area contributed by atoms with Gasteiger partial charge in [-0.3, -0.25) is 14.7 Å². The molecule has 0 radical (unpaired) electrons. The van der Waals surface area contributed by atoms with Crippen molar-refractivity contribution in [1.82, 2.24) is 20.9 Å². The number of carbonyl (C=O) groups is 2. The van der Waals surface area contributed by atoms with Gasteiger partial charge in [0.1, 0.15) is 5.54 Å². The van der Waals surface area contributed by atoms with Crippen molar-refractivity contribution < 1.29 is 9.59 Å². The van der Waals surface area contributed by atoms with Crippen molar-refractivity contribution in [2.45, 2.75) is 58.9 Å². The van der Waals surface area contributed by atoms with Crippen LogP contribution in [0.4, 0.5) is 4.79 Å². The normalized spacial score (nSPS) is 20.7. The summed E-state index contributed by atoms with van der Waals surface area (Å²) in [7, 11) is 0. The van der Waals surface area contributed by atoms with E-state index < -0.39 is 5.54 Å². The Morgan fingerprint density at radius 1 is 1.21 bits per heavy atom. The van der Waals surface area contributed by atoms with Crippen LogP contribution in [0.5, 0.6) is 0 Å². The first-order chi connectivity index (χ1) is 11.0. The summed E-state index contributed by atoms with van der Waals surface area (Å²) in [4.78, 5) is 29.9. The maximum Gasteiger partial charge on any atom is 0.325 e. The van der Waals surface area contributed by atoms with Gasteiger partial charge in [0.2, 0.25) is 0 Å². The predicted octanol–water partition coefficient (Wildman–Crippen LogP) is 2.07. The molecule has 0 spiro atoms. The Labute approximate surface area is 162 Å². The van der Waals surface area contributed by atoms with Crippen LogP contribution in [-0.2, 0) is 4.79 Å². The van der Waals surface area contributed by atoms with Gasteiger partial charge < -0.3 is 16.0 Å². The minimum absolute atomic E-state index is 0. The number of hydrogen-bond acceptors (Lipinski definition) is 3. The molecule has 1 atom stereocenters. The summed E-state index contributed by atoms with van der Waals surface area (Å²) in [6.07, 6.45) is 3.48. The van der Waals surface area contributed by atoms with Gasteiger partial charge in [-0.15, -0.1) is 24.0 Å². The van der Waals surface area contributed by atoms with Crippen LogP contribution >= 0.6 is 24.0 Å². The van der Waals surface area contributed by atoms with E-state index in [1.165, 1.54) is 4.90 Å². The molecule has 7 nitrogen and oxygen atoms in total. The number of rotatable bonds is 9. The van der Waals surface area contributed by atoms with Crippen LogP contribution in [0.2, 0.25) is 0 Å². The lowest BCUT2D eigenvalue weighted by molar-refractivity contribution is -0.130. The summed E-state index contributed by atoms with van der Waals surface area (Å²) in [5, 5.41) is 9.22. The average molecular weight is 453 g/mol. The molecule has 0 aromatic rings. The summed E-state index contributed by atoms with van der Waals surface area (Å²) in [6, 6.07) is -0.295. The minimum atomic E-state index is -0.753. The number of imide groups is 1. The molecule has 0 saturated carbocycles. The van der Waals surface area contributed by atoms with Crippen LogP contribution in [0.25, 0.3) is 0 Å². The van der Waals surface area contributed by atoms with Crippen molar-refractivity contribution in [2.24, 2.45) is 4.99 Å². The van der Waals surface area contributed by atoms with Gasteiger partial charge in [-0.1, -0.05) is 20.3 Å². The maximum absolute atomic E-state index is 12.3. The zero-order valence-corrected chi connectivity index (χ0v) is 17.6. The number of urea groups is 1. The van der Waals surface area contributed by atoms with E-state index in [4.69, 9.17) is 0 Å². The lowest BCUT2D eigenvalue weighted by Gasteiger charge is -2.19. The molecule has 1 rings (SSSR count). The first-order valence-electron chi connectivity index (χ1n) is 8.64.